The lowest BCUT2D eigenvalue weighted by Gasteiger charge is -2.09. The minimum absolute atomic E-state index is 0.000850. The van der Waals surface area contributed by atoms with Gasteiger partial charge in [-0.1, -0.05) is 30.3 Å². The molecule has 29 heavy (non-hydrogen) atoms. The zero-order valence-electron chi connectivity index (χ0n) is 15.7. The van der Waals surface area contributed by atoms with Crippen LogP contribution < -0.4 is 9.47 Å². The van der Waals surface area contributed by atoms with Crippen molar-refractivity contribution in [1.82, 2.24) is 0 Å². The third-order valence-corrected chi connectivity index (χ3v) is 4.05. The van der Waals surface area contributed by atoms with Gasteiger partial charge in [0.05, 0.1) is 4.92 Å². The maximum atomic E-state index is 11.9. The molecule has 0 fully saturated rings. The van der Waals surface area contributed by atoms with Gasteiger partial charge in [0.25, 0.3) is 5.69 Å². The molecule has 0 aliphatic rings. The van der Waals surface area contributed by atoms with Gasteiger partial charge < -0.3 is 14.2 Å². The Morgan fingerprint density at radius 1 is 0.931 bits per heavy atom. The number of non-ortho nitro benzene ring substituents is 1. The van der Waals surface area contributed by atoms with E-state index in [1.165, 1.54) is 24.3 Å². The highest BCUT2D eigenvalue weighted by Crippen LogP contribution is 2.24. The number of rotatable bonds is 8. The lowest BCUT2D eigenvalue weighted by Crippen LogP contribution is -2.15. The molecule has 0 aromatic heterocycles. The number of aryl methyl sites for hydroxylation is 1. The number of carbonyl (C=O) groups is 1. The molecule has 0 saturated carbocycles. The molecule has 0 amide bonds. The van der Waals surface area contributed by atoms with Crippen LogP contribution in [0.3, 0.4) is 0 Å². The summed E-state index contributed by atoms with van der Waals surface area (Å²) in [6.07, 6.45) is 0. The molecule has 0 N–H and O–H groups in total. The summed E-state index contributed by atoms with van der Waals surface area (Å²) in [6.45, 7) is 1.86. The average Bonchev–Trinajstić information content (AvgIpc) is 2.73. The molecule has 0 aliphatic heterocycles. The highest BCUT2D eigenvalue weighted by Gasteiger charge is 2.08. The van der Waals surface area contributed by atoms with Crippen LogP contribution in [-0.2, 0) is 16.1 Å². The molecule has 0 heterocycles. The van der Waals surface area contributed by atoms with E-state index in [-0.39, 0.29) is 18.9 Å². The maximum absolute atomic E-state index is 11.9. The number of esters is 1. The van der Waals surface area contributed by atoms with E-state index in [2.05, 4.69) is 0 Å². The van der Waals surface area contributed by atoms with Gasteiger partial charge in [0.1, 0.15) is 23.9 Å². The van der Waals surface area contributed by atoms with Crippen molar-refractivity contribution in [2.24, 2.45) is 0 Å². The third-order valence-electron chi connectivity index (χ3n) is 4.05. The molecule has 0 aliphatic carbocycles. The van der Waals surface area contributed by atoms with Crippen LogP contribution in [0.5, 0.6) is 17.2 Å². The van der Waals surface area contributed by atoms with Crippen LogP contribution in [0.4, 0.5) is 5.69 Å². The summed E-state index contributed by atoms with van der Waals surface area (Å²) in [5, 5.41) is 10.7. The molecule has 7 heteroatoms. The van der Waals surface area contributed by atoms with Crippen molar-refractivity contribution >= 4 is 11.7 Å². The Morgan fingerprint density at radius 3 is 2.17 bits per heavy atom. The van der Waals surface area contributed by atoms with Gasteiger partial charge in [-0.05, 0) is 48.4 Å². The van der Waals surface area contributed by atoms with Gasteiger partial charge in [-0.3, -0.25) is 10.1 Å². The molecule has 3 aromatic rings. The van der Waals surface area contributed by atoms with Crippen LogP contribution in [0.25, 0.3) is 0 Å². The summed E-state index contributed by atoms with van der Waals surface area (Å²) >= 11 is 0. The van der Waals surface area contributed by atoms with Gasteiger partial charge in [0.2, 0.25) is 0 Å². The number of hydrogen-bond donors (Lipinski definition) is 0. The Morgan fingerprint density at radius 2 is 1.55 bits per heavy atom. The fourth-order valence-corrected chi connectivity index (χ4v) is 2.49. The Labute approximate surface area is 167 Å². The average molecular weight is 393 g/mol. The quantitative estimate of drug-likeness (QED) is 0.310. The molecule has 0 atom stereocenters. The van der Waals surface area contributed by atoms with Gasteiger partial charge in [-0.2, -0.15) is 0 Å². The van der Waals surface area contributed by atoms with E-state index < -0.39 is 10.9 Å². The Balaban J connectivity index is 1.47. The van der Waals surface area contributed by atoms with E-state index in [0.29, 0.717) is 17.2 Å². The number of benzene rings is 3. The summed E-state index contributed by atoms with van der Waals surface area (Å²) in [7, 11) is 0. The third kappa shape index (κ3) is 5.80. The highest BCUT2D eigenvalue weighted by atomic mass is 16.6. The summed E-state index contributed by atoms with van der Waals surface area (Å²) in [4.78, 5) is 22.1. The van der Waals surface area contributed by atoms with E-state index in [9.17, 15) is 14.9 Å². The number of nitro groups is 1. The fourth-order valence-electron chi connectivity index (χ4n) is 2.49. The first-order valence-electron chi connectivity index (χ1n) is 8.86. The number of para-hydroxylation sites is 1. The normalized spacial score (nSPS) is 10.2. The Kier molecular flexibility index (Phi) is 6.42. The summed E-state index contributed by atoms with van der Waals surface area (Å²) in [6, 6.07) is 20.3. The predicted octanol–water partition coefficient (Wildman–Crippen LogP) is 4.82. The van der Waals surface area contributed by atoms with E-state index in [4.69, 9.17) is 14.2 Å². The maximum Gasteiger partial charge on any atom is 0.344 e. The fraction of sp³-hybridized carbons (Fsp3) is 0.136. The SMILES string of the molecule is Cc1ccccc1OCC(=O)OCc1ccc(Oc2ccc([N+](=O)[O-])cc2)cc1. The standard InChI is InChI=1S/C22H19NO6/c1-16-4-2-3-5-21(16)27-15-22(24)28-14-17-6-10-19(11-7-17)29-20-12-8-18(9-13-20)23(25)26/h2-13H,14-15H2,1H3. The molecule has 0 saturated heterocycles. The molecule has 3 rings (SSSR count). The van der Waals surface area contributed by atoms with E-state index in [1.807, 2.05) is 25.1 Å². The Hall–Kier alpha value is -3.87. The van der Waals surface area contributed by atoms with Crippen molar-refractivity contribution in [2.75, 3.05) is 6.61 Å². The van der Waals surface area contributed by atoms with Gasteiger partial charge >= 0.3 is 5.97 Å². The molecule has 0 unspecified atom stereocenters. The van der Waals surface area contributed by atoms with Crippen molar-refractivity contribution in [2.45, 2.75) is 13.5 Å². The molecule has 0 spiro atoms. The van der Waals surface area contributed by atoms with Gasteiger partial charge in [-0.15, -0.1) is 0 Å². The van der Waals surface area contributed by atoms with E-state index in [0.717, 1.165) is 11.1 Å². The summed E-state index contributed by atoms with van der Waals surface area (Å²) in [5.41, 5.74) is 1.75. The van der Waals surface area contributed by atoms with Gasteiger partial charge in [0, 0.05) is 12.1 Å². The van der Waals surface area contributed by atoms with Crippen molar-refractivity contribution in [3.63, 3.8) is 0 Å². The highest BCUT2D eigenvalue weighted by molar-refractivity contribution is 5.71. The lowest BCUT2D eigenvalue weighted by molar-refractivity contribution is -0.384. The van der Waals surface area contributed by atoms with Crippen LogP contribution >= 0.6 is 0 Å². The lowest BCUT2D eigenvalue weighted by atomic mass is 10.2. The van der Waals surface area contributed by atoms with Gasteiger partial charge in [0.15, 0.2) is 6.61 Å². The molecule has 0 radical (unpaired) electrons. The first-order valence-corrected chi connectivity index (χ1v) is 8.86. The second-order valence-corrected chi connectivity index (χ2v) is 6.21. The first-order chi connectivity index (χ1) is 14.0. The van der Waals surface area contributed by atoms with E-state index >= 15 is 0 Å². The van der Waals surface area contributed by atoms with Crippen molar-refractivity contribution < 1.29 is 23.9 Å². The number of nitrogens with zero attached hydrogens (tertiary/aromatic N) is 1. The summed E-state index contributed by atoms with van der Waals surface area (Å²) in [5.74, 6) is 1.25. The molecule has 3 aromatic carbocycles. The van der Waals surface area contributed by atoms with Gasteiger partial charge in [-0.25, -0.2) is 4.79 Å². The van der Waals surface area contributed by atoms with Crippen LogP contribution in [-0.4, -0.2) is 17.5 Å². The second-order valence-electron chi connectivity index (χ2n) is 6.21. The Bertz CT molecular complexity index is 983. The van der Waals surface area contributed by atoms with Crippen LogP contribution in [0.1, 0.15) is 11.1 Å². The molecular formula is C22H19NO6. The van der Waals surface area contributed by atoms with E-state index in [1.54, 1.807) is 30.3 Å². The van der Waals surface area contributed by atoms with Crippen molar-refractivity contribution in [3.8, 4) is 17.2 Å². The number of hydrogen-bond acceptors (Lipinski definition) is 6. The smallest absolute Gasteiger partial charge is 0.344 e. The predicted molar refractivity (Wildman–Crippen MR) is 106 cm³/mol. The minimum Gasteiger partial charge on any atom is -0.482 e. The number of ether oxygens (including phenoxy) is 3. The molecule has 7 nitrogen and oxygen atoms in total. The minimum atomic E-state index is -0.466. The van der Waals surface area contributed by atoms with Crippen molar-refractivity contribution in [1.29, 1.82) is 0 Å². The topological polar surface area (TPSA) is 87.9 Å². The van der Waals surface area contributed by atoms with Crippen LogP contribution in [0.15, 0.2) is 72.8 Å². The van der Waals surface area contributed by atoms with Crippen LogP contribution in [0, 0.1) is 17.0 Å². The van der Waals surface area contributed by atoms with Crippen LogP contribution in [0.2, 0.25) is 0 Å². The summed E-state index contributed by atoms with van der Waals surface area (Å²) < 4.78 is 16.3. The molecular weight excluding hydrogens is 374 g/mol. The largest absolute Gasteiger partial charge is 0.482 e. The molecule has 148 valence electrons. The zero-order chi connectivity index (χ0) is 20.6. The second kappa shape index (κ2) is 9.36. The molecule has 0 bridgehead atoms. The number of nitro benzene ring substituents is 1. The first kappa shape index (κ1) is 19.9. The number of carbonyl (C=O) groups excluding carboxylic acids is 1. The monoisotopic (exact) mass is 393 g/mol. The zero-order valence-corrected chi connectivity index (χ0v) is 15.7. The van der Waals surface area contributed by atoms with Crippen molar-refractivity contribution in [3.05, 3.63) is 94.0 Å².